The maximum absolute atomic E-state index is 13.5. The highest BCUT2D eigenvalue weighted by Gasteiger charge is 2.52. The van der Waals surface area contributed by atoms with Gasteiger partial charge in [-0.3, -0.25) is 14.5 Å². The predicted octanol–water partition coefficient (Wildman–Crippen LogP) is 3.94. The summed E-state index contributed by atoms with van der Waals surface area (Å²) < 4.78 is 11.3. The fraction of sp³-hybridized carbons (Fsp3) is 0.480. The predicted molar refractivity (Wildman–Crippen MR) is 128 cm³/mol. The van der Waals surface area contributed by atoms with Crippen molar-refractivity contribution in [2.45, 2.75) is 51.1 Å². The molecular weight excluding hydrogens is 454 g/mol. The Morgan fingerprint density at radius 2 is 1.94 bits per heavy atom. The minimum atomic E-state index is -0.862. The van der Waals surface area contributed by atoms with E-state index in [0.717, 1.165) is 29.0 Å². The number of benzene rings is 1. The van der Waals surface area contributed by atoms with Crippen molar-refractivity contribution in [3.05, 3.63) is 40.6 Å². The Labute approximate surface area is 202 Å². The average molecular weight is 484 g/mol. The molecule has 0 unspecified atom stereocenters. The highest BCUT2D eigenvalue weighted by molar-refractivity contribution is 7.09. The van der Waals surface area contributed by atoms with Crippen molar-refractivity contribution < 1.29 is 23.9 Å². The molecule has 5 rings (SSSR count). The molecule has 34 heavy (non-hydrogen) atoms. The van der Waals surface area contributed by atoms with E-state index in [4.69, 9.17) is 9.47 Å². The Kier molecular flexibility index (Phi) is 6.20. The molecule has 2 fully saturated rings. The van der Waals surface area contributed by atoms with Crippen LogP contribution in [0.4, 0.5) is 10.5 Å². The minimum absolute atomic E-state index is 0.279. The summed E-state index contributed by atoms with van der Waals surface area (Å²) >= 11 is 1.55. The smallest absolute Gasteiger partial charge is 0.325 e. The van der Waals surface area contributed by atoms with Gasteiger partial charge in [0.1, 0.15) is 25.3 Å². The number of ether oxygens (including phenoxy) is 2. The van der Waals surface area contributed by atoms with Crippen molar-refractivity contribution in [3.8, 4) is 11.5 Å². The minimum Gasteiger partial charge on any atom is -0.486 e. The molecule has 1 saturated heterocycles. The lowest BCUT2D eigenvalue weighted by molar-refractivity contribution is -0.135. The average Bonchev–Trinajstić information content (AvgIpc) is 3.45. The SMILES string of the molecule is CCC1CCC2(CC1)NC(=O)N(CC(=O)N(Cc1cccs1)c1ccc3c(c1)OCCO3)C2=O. The Morgan fingerprint density at radius 1 is 1.18 bits per heavy atom. The summed E-state index contributed by atoms with van der Waals surface area (Å²) in [5.41, 5.74) is -0.230. The van der Waals surface area contributed by atoms with Gasteiger partial charge in [-0.15, -0.1) is 11.3 Å². The van der Waals surface area contributed by atoms with Crippen molar-refractivity contribution in [2.24, 2.45) is 5.92 Å². The van der Waals surface area contributed by atoms with E-state index in [1.54, 1.807) is 34.4 Å². The number of carbonyl (C=O) groups is 3. The fourth-order valence-corrected chi connectivity index (χ4v) is 5.73. The number of fused-ring (bicyclic) bond motifs is 1. The number of urea groups is 1. The number of hydrogen-bond acceptors (Lipinski definition) is 6. The second-order valence-corrected chi connectivity index (χ2v) is 10.2. The summed E-state index contributed by atoms with van der Waals surface area (Å²) in [5, 5.41) is 4.87. The van der Waals surface area contributed by atoms with Crippen molar-refractivity contribution >= 4 is 34.9 Å². The third-order valence-corrected chi connectivity index (χ3v) is 7.97. The van der Waals surface area contributed by atoms with E-state index in [1.807, 2.05) is 17.5 Å². The monoisotopic (exact) mass is 483 g/mol. The van der Waals surface area contributed by atoms with Crippen molar-refractivity contribution in [2.75, 3.05) is 24.7 Å². The van der Waals surface area contributed by atoms with E-state index < -0.39 is 11.6 Å². The summed E-state index contributed by atoms with van der Waals surface area (Å²) in [6.07, 6.45) is 4.15. The number of carbonyl (C=O) groups excluding carboxylic acids is 3. The quantitative estimate of drug-likeness (QED) is 0.629. The van der Waals surface area contributed by atoms with Crippen molar-refractivity contribution in [1.29, 1.82) is 0 Å². The van der Waals surface area contributed by atoms with Crippen LogP contribution in [0.25, 0.3) is 0 Å². The second-order valence-electron chi connectivity index (χ2n) is 9.14. The van der Waals surface area contributed by atoms with Crippen LogP contribution in [0.15, 0.2) is 35.7 Å². The molecule has 9 heteroatoms. The van der Waals surface area contributed by atoms with E-state index in [2.05, 4.69) is 12.2 Å². The van der Waals surface area contributed by atoms with Crippen LogP contribution in [0, 0.1) is 5.92 Å². The zero-order chi connectivity index (χ0) is 23.7. The van der Waals surface area contributed by atoms with E-state index in [-0.39, 0.29) is 18.4 Å². The Balaban J connectivity index is 1.36. The second kappa shape index (κ2) is 9.29. The number of imide groups is 1. The van der Waals surface area contributed by atoms with Crippen LogP contribution < -0.4 is 19.7 Å². The van der Waals surface area contributed by atoms with Gasteiger partial charge in [-0.05, 0) is 55.2 Å². The third kappa shape index (κ3) is 4.24. The van der Waals surface area contributed by atoms with Gasteiger partial charge in [0.25, 0.3) is 5.91 Å². The summed E-state index contributed by atoms with van der Waals surface area (Å²) in [7, 11) is 0. The first-order valence-electron chi connectivity index (χ1n) is 11.9. The first-order valence-corrected chi connectivity index (χ1v) is 12.7. The Hall–Kier alpha value is -3.07. The molecule has 1 spiro atoms. The zero-order valence-electron chi connectivity index (χ0n) is 19.2. The van der Waals surface area contributed by atoms with Crippen molar-refractivity contribution in [3.63, 3.8) is 0 Å². The molecule has 1 saturated carbocycles. The van der Waals surface area contributed by atoms with Gasteiger partial charge in [0.15, 0.2) is 11.5 Å². The lowest BCUT2D eigenvalue weighted by Crippen LogP contribution is -2.50. The van der Waals surface area contributed by atoms with Gasteiger partial charge in [0.05, 0.1) is 6.54 Å². The molecule has 4 amide bonds. The topological polar surface area (TPSA) is 88.2 Å². The first-order chi connectivity index (χ1) is 16.5. The van der Waals surface area contributed by atoms with E-state index in [0.29, 0.717) is 55.7 Å². The van der Waals surface area contributed by atoms with Gasteiger partial charge in [0, 0.05) is 16.6 Å². The number of anilines is 1. The molecule has 2 aliphatic heterocycles. The molecule has 3 aliphatic rings. The summed E-state index contributed by atoms with van der Waals surface area (Å²) in [5.74, 6) is 1.20. The van der Waals surface area contributed by atoms with Gasteiger partial charge >= 0.3 is 6.03 Å². The molecule has 0 atom stereocenters. The molecule has 1 aromatic carbocycles. The van der Waals surface area contributed by atoms with Gasteiger partial charge in [-0.25, -0.2) is 4.79 Å². The molecular formula is C25H29N3O5S. The van der Waals surface area contributed by atoms with E-state index in [9.17, 15) is 14.4 Å². The maximum Gasteiger partial charge on any atom is 0.325 e. The normalized spacial score (nSPS) is 23.8. The number of amides is 4. The molecule has 1 aliphatic carbocycles. The molecule has 3 heterocycles. The third-order valence-electron chi connectivity index (χ3n) is 7.11. The molecule has 180 valence electrons. The number of rotatable bonds is 6. The van der Waals surface area contributed by atoms with Crippen LogP contribution in [-0.4, -0.2) is 48.0 Å². The van der Waals surface area contributed by atoms with E-state index >= 15 is 0 Å². The molecule has 1 N–H and O–H groups in total. The van der Waals surface area contributed by atoms with Crippen LogP contribution in [0.5, 0.6) is 11.5 Å². The van der Waals surface area contributed by atoms with Crippen LogP contribution in [0.3, 0.4) is 0 Å². The highest BCUT2D eigenvalue weighted by atomic mass is 32.1. The summed E-state index contributed by atoms with van der Waals surface area (Å²) in [4.78, 5) is 43.4. The Morgan fingerprint density at radius 3 is 2.65 bits per heavy atom. The van der Waals surface area contributed by atoms with Crippen LogP contribution >= 0.6 is 11.3 Å². The number of nitrogens with one attached hydrogen (secondary N) is 1. The number of thiophene rings is 1. The summed E-state index contributed by atoms with van der Waals surface area (Å²) in [6, 6.07) is 8.77. The van der Waals surface area contributed by atoms with Gasteiger partial charge in [0.2, 0.25) is 5.91 Å². The molecule has 8 nitrogen and oxygen atoms in total. The fourth-order valence-electron chi connectivity index (χ4n) is 5.04. The van der Waals surface area contributed by atoms with Crippen LogP contribution in [0.1, 0.15) is 43.9 Å². The van der Waals surface area contributed by atoms with Crippen molar-refractivity contribution in [1.82, 2.24) is 10.2 Å². The van der Waals surface area contributed by atoms with Gasteiger partial charge < -0.3 is 19.7 Å². The molecule has 1 aromatic heterocycles. The lowest BCUT2D eigenvalue weighted by atomic mass is 9.75. The Bertz CT molecular complexity index is 1080. The highest BCUT2D eigenvalue weighted by Crippen LogP contribution is 2.38. The van der Waals surface area contributed by atoms with E-state index in [1.165, 1.54) is 0 Å². The molecule has 0 radical (unpaired) electrons. The van der Waals surface area contributed by atoms with Gasteiger partial charge in [-0.1, -0.05) is 19.4 Å². The van der Waals surface area contributed by atoms with Crippen LogP contribution in [-0.2, 0) is 16.1 Å². The maximum atomic E-state index is 13.5. The van der Waals surface area contributed by atoms with Crippen LogP contribution in [0.2, 0.25) is 0 Å². The number of nitrogens with zero attached hydrogens (tertiary/aromatic N) is 2. The lowest BCUT2D eigenvalue weighted by Gasteiger charge is -2.34. The first kappa shape index (κ1) is 22.7. The molecule has 0 bridgehead atoms. The number of hydrogen-bond donors (Lipinski definition) is 1. The standard InChI is InChI=1S/C25H29N3O5S/c1-2-17-7-9-25(10-8-17)23(30)28(24(31)26-25)16-22(29)27(15-19-4-3-13-34-19)18-5-6-20-21(14-18)33-12-11-32-20/h3-6,13-14,17H,2,7-12,15-16H2,1H3,(H,26,31). The zero-order valence-corrected chi connectivity index (χ0v) is 20.1. The largest absolute Gasteiger partial charge is 0.486 e. The molecule has 2 aromatic rings. The van der Waals surface area contributed by atoms with Gasteiger partial charge in [-0.2, -0.15) is 0 Å². The summed E-state index contributed by atoms with van der Waals surface area (Å²) in [6.45, 7) is 3.12.